The third-order valence-corrected chi connectivity index (χ3v) is 5.53. The molecule has 5 nitrogen and oxygen atoms in total. The Labute approximate surface area is 140 Å². The molecule has 3 heterocycles. The lowest BCUT2D eigenvalue weighted by atomic mass is 10.1. The van der Waals surface area contributed by atoms with Crippen LogP contribution in [-0.2, 0) is 11.8 Å². The first-order valence-corrected chi connectivity index (χ1v) is 8.48. The average molecular weight is 334 g/mol. The molecule has 0 bridgehead atoms. The number of hydrogen-bond donors (Lipinski definition) is 0. The molecule has 2 aliphatic rings. The van der Waals surface area contributed by atoms with E-state index < -0.39 is 0 Å². The number of hydrogen-bond acceptors (Lipinski definition) is 3. The van der Waals surface area contributed by atoms with Gasteiger partial charge in [-0.15, -0.1) is 0 Å². The molecular formula is C17H20ClN3O2. The van der Waals surface area contributed by atoms with Crippen molar-refractivity contribution in [2.24, 2.45) is 13.0 Å². The Morgan fingerprint density at radius 2 is 2.30 bits per heavy atom. The van der Waals surface area contributed by atoms with Crippen LogP contribution in [0.15, 0.2) is 22.8 Å². The van der Waals surface area contributed by atoms with Gasteiger partial charge in [-0.1, -0.05) is 11.6 Å². The highest BCUT2D eigenvalue weighted by atomic mass is 35.5. The van der Waals surface area contributed by atoms with E-state index in [0.717, 1.165) is 42.8 Å². The fourth-order valence-corrected chi connectivity index (χ4v) is 4.15. The van der Waals surface area contributed by atoms with Crippen LogP contribution in [0.2, 0.25) is 5.15 Å². The standard InChI is InChI=1S/C17H20ClN3O2/c1-10-15(16(18)20(2)19-10)13-5-3-7-21(13)17(22)12-9-11(12)14-6-4-8-23-14/h4,6,8,11-13H,3,5,7,9H2,1-2H3/t11-,12-,13-/m0/s1. The van der Waals surface area contributed by atoms with Crippen LogP contribution in [0.5, 0.6) is 0 Å². The van der Waals surface area contributed by atoms with Gasteiger partial charge in [0.15, 0.2) is 0 Å². The molecular weight excluding hydrogens is 314 g/mol. The quantitative estimate of drug-likeness (QED) is 0.864. The average Bonchev–Trinajstić information content (AvgIpc) is 2.90. The first kappa shape index (κ1) is 14.8. The fourth-order valence-electron chi connectivity index (χ4n) is 3.85. The summed E-state index contributed by atoms with van der Waals surface area (Å²) in [4.78, 5) is 14.9. The fraction of sp³-hybridized carbons (Fsp3) is 0.529. The molecule has 0 N–H and O–H groups in total. The van der Waals surface area contributed by atoms with E-state index in [9.17, 15) is 4.79 Å². The molecule has 0 unspecified atom stereocenters. The van der Waals surface area contributed by atoms with E-state index in [1.165, 1.54) is 0 Å². The second kappa shape index (κ2) is 5.41. The van der Waals surface area contributed by atoms with Crippen LogP contribution in [0.3, 0.4) is 0 Å². The lowest BCUT2D eigenvalue weighted by Gasteiger charge is -2.25. The highest BCUT2D eigenvalue weighted by Gasteiger charge is 2.49. The summed E-state index contributed by atoms with van der Waals surface area (Å²) in [5.74, 6) is 1.45. The second-order valence-electron chi connectivity index (χ2n) is 6.57. The van der Waals surface area contributed by atoms with Crippen molar-refractivity contribution >= 4 is 17.5 Å². The van der Waals surface area contributed by atoms with E-state index in [0.29, 0.717) is 5.15 Å². The van der Waals surface area contributed by atoms with Crippen molar-refractivity contribution in [3.05, 3.63) is 40.6 Å². The summed E-state index contributed by atoms with van der Waals surface area (Å²) in [5.41, 5.74) is 1.93. The maximum atomic E-state index is 12.9. The van der Waals surface area contributed by atoms with Crippen LogP contribution in [-0.4, -0.2) is 27.1 Å². The molecule has 1 saturated carbocycles. The Balaban J connectivity index is 1.55. The van der Waals surface area contributed by atoms with Gasteiger partial charge in [-0.3, -0.25) is 9.48 Å². The smallest absolute Gasteiger partial charge is 0.226 e. The predicted octanol–water partition coefficient (Wildman–Crippen LogP) is 3.44. The molecule has 0 radical (unpaired) electrons. The van der Waals surface area contributed by atoms with Crippen molar-refractivity contribution in [1.82, 2.24) is 14.7 Å². The molecule has 1 aliphatic heterocycles. The molecule has 3 atom stereocenters. The minimum absolute atomic E-state index is 0.0532. The number of furan rings is 1. The van der Waals surface area contributed by atoms with Crippen LogP contribution < -0.4 is 0 Å². The monoisotopic (exact) mass is 333 g/mol. The SMILES string of the molecule is Cc1nn(C)c(Cl)c1[C@@H]1CCCN1C(=O)[C@H]1C[C@@H]1c1ccco1. The van der Waals surface area contributed by atoms with Gasteiger partial charge < -0.3 is 9.32 Å². The van der Waals surface area contributed by atoms with Crippen molar-refractivity contribution in [2.45, 2.75) is 38.1 Å². The molecule has 122 valence electrons. The van der Waals surface area contributed by atoms with Gasteiger partial charge in [-0.2, -0.15) is 5.10 Å². The molecule has 0 spiro atoms. The van der Waals surface area contributed by atoms with Gasteiger partial charge in [-0.25, -0.2) is 0 Å². The zero-order valence-electron chi connectivity index (χ0n) is 13.3. The van der Waals surface area contributed by atoms with Gasteiger partial charge >= 0.3 is 0 Å². The van der Waals surface area contributed by atoms with Crippen LogP contribution in [0.25, 0.3) is 0 Å². The van der Waals surface area contributed by atoms with Crippen LogP contribution >= 0.6 is 11.6 Å². The van der Waals surface area contributed by atoms with E-state index in [-0.39, 0.29) is 23.8 Å². The molecule has 0 aromatic carbocycles. The first-order valence-electron chi connectivity index (χ1n) is 8.10. The number of carbonyl (C=O) groups excluding carboxylic acids is 1. The van der Waals surface area contributed by atoms with Gasteiger partial charge in [0.2, 0.25) is 5.91 Å². The Kier molecular flexibility index (Phi) is 3.48. The van der Waals surface area contributed by atoms with E-state index in [2.05, 4.69) is 5.10 Å². The third-order valence-electron chi connectivity index (χ3n) is 5.08. The Bertz CT molecular complexity index is 737. The molecule has 1 saturated heterocycles. The minimum atomic E-state index is 0.0532. The Morgan fingerprint density at radius 3 is 2.96 bits per heavy atom. The minimum Gasteiger partial charge on any atom is -0.469 e. The molecule has 2 aromatic rings. The van der Waals surface area contributed by atoms with E-state index in [1.807, 2.05) is 31.0 Å². The van der Waals surface area contributed by atoms with Crippen molar-refractivity contribution in [3.63, 3.8) is 0 Å². The number of amides is 1. The highest BCUT2D eigenvalue weighted by Crippen LogP contribution is 2.50. The number of likely N-dealkylation sites (tertiary alicyclic amines) is 1. The summed E-state index contributed by atoms with van der Waals surface area (Å²) in [5, 5.41) is 5.04. The van der Waals surface area contributed by atoms with Gasteiger partial charge in [0.25, 0.3) is 0 Å². The first-order chi connectivity index (χ1) is 11.1. The topological polar surface area (TPSA) is 51.3 Å². The number of rotatable bonds is 3. The second-order valence-corrected chi connectivity index (χ2v) is 6.93. The van der Waals surface area contributed by atoms with E-state index in [1.54, 1.807) is 10.9 Å². The van der Waals surface area contributed by atoms with Crippen molar-refractivity contribution < 1.29 is 9.21 Å². The van der Waals surface area contributed by atoms with Gasteiger partial charge in [0.05, 0.1) is 18.0 Å². The molecule has 2 aromatic heterocycles. The van der Waals surface area contributed by atoms with Crippen molar-refractivity contribution in [1.29, 1.82) is 0 Å². The molecule has 4 rings (SSSR count). The lowest BCUT2D eigenvalue weighted by molar-refractivity contribution is -0.133. The van der Waals surface area contributed by atoms with Gasteiger partial charge in [0, 0.05) is 31.0 Å². The summed E-state index contributed by atoms with van der Waals surface area (Å²) in [6.07, 6.45) is 4.53. The van der Waals surface area contributed by atoms with Gasteiger partial charge in [-0.05, 0) is 38.3 Å². The number of halogens is 1. The summed E-state index contributed by atoms with van der Waals surface area (Å²) in [7, 11) is 1.84. The van der Waals surface area contributed by atoms with Crippen LogP contribution in [0.4, 0.5) is 0 Å². The third kappa shape index (κ3) is 2.38. The summed E-state index contributed by atoms with van der Waals surface area (Å²) < 4.78 is 7.14. The number of carbonyl (C=O) groups is 1. The number of aryl methyl sites for hydroxylation is 2. The largest absolute Gasteiger partial charge is 0.469 e. The normalized spacial score (nSPS) is 26.7. The molecule has 6 heteroatoms. The van der Waals surface area contributed by atoms with E-state index in [4.69, 9.17) is 16.0 Å². The summed E-state index contributed by atoms with van der Waals surface area (Å²) in [6, 6.07) is 3.90. The Hall–Kier alpha value is -1.75. The van der Waals surface area contributed by atoms with Crippen molar-refractivity contribution in [3.8, 4) is 0 Å². The maximum Gasteiger partial charge on any atom is 0.226 e. The highest BCUT2D eigenvalue weighted by molar-refractivity contribution is 6.30. The van der Waals surface area contributed by atoms with E-state index >= 15 is 0 Å². The molecule has 23 heavy (non-hydrogen) atoms. The Morgan fingerprint density at radius 1 is 1.48 bits per heavy atom. The summed E-state index contributed by atoms with van der Waals surface area (Å²) in [6.45, 7) is 2.76. The van der Waals surface area contributed by atoms with Crippen LogP contribution in [0, 0.1) is 12.8 Å². The van der Waals surface area contributed by atoms with Gasteiger partial charge in [0.1, 0.15) is 10.9 Å². The molecule has 1 amide bonds. The lowest BCUT2D eigenvalue weighted by Crippen LogP contribution is -2.32. The summed E-state index contributed by atoms with van der Waals surface area (Å²) >= 11 is 6.42. The van der Waals surface area contributed by atoms with Crippen LogP contribution in [0.1, 0.15) is 48.2 Å². The molecule has 2 fully saturated rings. The zero-order chi connectivity index (χ0) is 16.1. The number of aromatic nitrogens is 2. The number of nitrogens with zero attached hydrogens (tertiary/aromatic N) is 3. The zero-order valence-corrected chi connectivity index (χ0v) is 14.1. The maximum absolute atomic E-state index is 12.9. The molecule has 1 aliphatic carbocycles. The van der Waals surface area contributed by atoms with Crippen molar-refractivity contribution in [2.75, 3.05) is 6.54 Å². The predicted molar refractivity (Wildman–Crippen MR) is 86.2 cm³/mol.